The van der Waals surface area contributed by atoms with Crippen molar-refractivity contribution in [1.29, 1.82) is 0 Å². The molecule has 1 aromatic carbocycles. The van der Waals surface area contributed by atoms with Crippen molar-refractivity contribution in [3.63, 3.8) is 0 Å². The first-order chi connectivity index (χ1) is 7.24. The highest BCUT2D eigenvalue weighted by molar-refractivity contribution is 6.03. The van der Waals surface area contributed by atoms with E-state index in [2.05, 4.69) is 12.2 Å². The molecule has 3 heteroatoms. The number of rotatable bonds is 2. The van der Waals surface area contributed by atoms with Crippen molar-refractivity contribution >= 4 is 17.3 Å². The Labute approximate surface area is 90.1 Å². The fourth-order valence-corrected chi connectivity index (χ4v) is 2.01. The van der Waals surface area contributed by atoms with E-state index in [-0.39, 0.29) is 5.91 Å². The Kier molecular flexibility index (Phi) is 2.62. The van der Waals surface area contributed by atoms with E-state index in [4.69, 9.17) is 0 Å². The maximum Gasteiger partial charge on any atom is 0.246 e. The summed E-state index contributed by atoms with van der Waals surface area (Å²) in [6.07, 6.45) is 0.986. The lowest BCUT2D eigenvalue weighted by atomic mass is 10.1. The third kappa shape index (κ3) is 1.69. The second-order valence-electron chi connectivity index (χ2n) is 3.87. The third-order valence-corrected chi connectivity index (χ3v) is 2.69. The molecule has 0 radical (unpaired) electrons. The fourth-order valence-electron chi connectivity index (χ4n) is 2.01. The number of hydrogen-bond donors (Lipinski definition) is 1. The molecular weight excluding hydrogens is 188 g/mol. The molecule has 0 unspecified atom stereocenters. The monoisotopic (exact) mass is 204 g/mol. The van der Waals surface area contributed by atoms with E-state index in [1.807, 2.05) is 30.0 Å². The summed E-state index contributed by atoms with van der Waals surface area (Å²) in [7, 11) is 0. The number of carbonyl (C=O) groups excluding carboxylic acids is 1. The van der Waals surface area contributed by atoms with Gasteiger partial charge in [0.1, 0.15) is 0 Å². The quantitative estimate of drug-likeness (QED) is 0.800. The summed E-state index contributed by atoms with van der Waals surface area (Å²) >= 11 is 0. The second kappa shape index (κ2) is 3.93. The largest absolute Gasteiger partial charge is 0.374 e. The second-order valence-corrected chi connectivity index (χ2v) is 3.87. The molecule has 0 saturated carbocycles. The number of carbonyl (C=O) groups is 1. The van der Waals surface area contributed by atoms with Crippen LogP contribution in [0.5, 0.6) is 0 Å². The van der Waals surface area contributed by atoms with E-state index in [0.717, 1.165) is 29.9 Å². The summed E-state index contributed by atoms with van der Waals surface area (Å²) in [5, 5.41) is 3.15. The summed E-state index contributed by atoms with van der Waals surface area (Å²) in [4.78, 5) is 13.7. The topological polar surface area (TPSA) is 32.3 Å². The molecule has 0 bridgehead atoms. The smallest absolute Gasteiger partial charge is 0.246 e. The molecule has 0 atom stereocenters. The van der Waals surface area contributed by atoms with Crippen molar-refractivity contribution in [1.82, 2.24) is 0 Å². The molecule has 2 rings (SSSR count). The van der Waals surface area contributed by atoms with Gasteiger partial charge in [-0.15, -0.1) is 0 Å². The van der Waals surface area contributed by atoms with Gasteiger partial charge in [-0.2, -0.15) is 0 Å². The molecule has 3 nitrogen and oxygen atoms in total. The van der Waals surface area contributed by atoms with Gasteiger partial charge in [-0.25, -0.2) is 0 Å². The Bertz CT molecular complexity index is 387. The van der Waals surface area contributed by atoms with E-state index in [1.165, 1.54) is 0 Å². The Morgan fingerprint density at radius 3 is 3.00 bits per heavy atom. The van der Waals surface area contributed by atoms with Crippen molar-refractivity contribution in [2.45, 2.75) is 20.3 Å². The number of benzene rings is 1. The summed E-state index contributed by atoms with van der Waals surface area (Å²) in [6, 6.07) is 6.08. The van der Waals surface area contributed by atoms with Crippen LogP contribution in [0, 0.1) is 6.92 Å². The standard InChI is InChI=1S/C12H16N2O/c1-3-7-14-11(15)8-13-10-6-4-5-9(2)12(10)14/h4-6,13H,3,7-8H2,1-2H3. The van der Waals surface area contributed by atoms with Crippen LogP contribution in [0.25, 0.3) is 0 Å². The van der Waals surface area contributed by atoms with Crippen LogP contribution in [0.2, 0.25) is 0 Å². The predicted molar refractivity (Wildman–Crippen MR) is 62.3 cm³/mol. The summed E-state index contributed by atoms with van der Waals surface area (Å²) in [5.41, 5.74) is 3.28. The van der Waals surface area contributed by atoms with Crippen LogP contribution in [0.4, 0.5) is 11.4 Å². The lowest BCUT2D eigenvalue weighted by molar-refractivity contribution is -0.117. The summed E-state index contributed by atoms with van der Waals surface area (Å²) in [6.45, 7) is 5.35. The number of nitrogens with one attached hydrogen (secondary N) is 1. The normalized spacial score (nSPS) is 14.8. The number of aryl methyl sites for hydroxylation is 1. The highest BCUT2D eigenvalue weighted by atomic mass is 16.2. The van der Waals surface area contributed by atoms with E-state index in [0.29, 0.717) is 6.54 Å². The lowest BCUT2D eigenvalue weighted by Crippen LogP contribution is -2.40. The SMILES string of the molecule is CCCN1C(=O)CNc2cccc(C)c21. The average Bonchev–Trinajstić information content (AvgIpc) is 2.23. The van der Waals surface area contributed by atoms with Crippen molar-refractivity contribution in [3.8, 4) is 0 Å². The van der Waals surface area contributed by atoms with Crippen molar-refractivity contribution in [2.24, 2.45) is 0 Å². The van der Waals surface area contributed by atoms with Crippen molar-refractivity contribution in [2.75, 3.05) is 23.3 Å². The maximum atomic E-state index is 11.8. The van der Waals surface area contributed by atoms with Crippen LogP contribution < -0.4 is 10.2 Å². The third-order valence-electron chi connectivity index (χ3n) is 2.69. The van der Waals surface area contributed by atoms with Gasteiger partial charge in [-0.3, -0.25) is 4.79 Å². The van der Waals surface area contributed by atoms with E-state index in [1.54, 1.807) is 0 Å². The number of amides is 1. The maximum absolute atomic E-state index is 11.8. The van der Waals surface area contributed by atoms with Crippen LogP contribution >= 0.6 is 0 Å². The van der Waals surface area contributed by atoms with Gasteiger partial charge in [0, 0.05) is 6.54 Å². The van der Waals surface area contributed by atoms with Crippen LogP contribution in [-0.2, 0) is 4.79 Å². The Morgan fingerprint density at radius 2 is 2.27 bits per heavy atom. The van der Waals surface area contributed by atoms with Gasteiger partial charge in [0.15, 0.2) is 0 Å². The molecule has 0 fully saturated rings. The molecule has 1 aromatic rings. The zero-order valence-electron chi connectivity index (χ0n) is 9.21. The Hall–Kier alpha value is -1.51. The van der Waals surface area contributed by atoms with Crippen molar-refractivity contribution < 1.29 is 4.79 Å². The van der Waals surface area contributed by atoms with Gasteiger partial charge in [0.2, 0.25) is 5.91 Å². The van der Waals surface area contributed by atoms with Crippen molar-refractivity contribution in [3.05, 3.63) is 23.8 Å². The number of hydrogen-bond acceptors (Lipinski definition) is 2. The van der Waals surface area contributed by atoms with E-state index >= 15 is 0 Å². The number of para-hydroxylation sites is 1. The minimum atomic E-state index is 0.165. The first-order valence-corrected chi connectivity index (χ1v) is 5.38. The van der Waals surface area contributed by atoms with Gasteiger partial charge >= 0.3 is 0 Å². The van der Waals surface area contributed by atoms with Gasteiger partial charge in [-0.1, -0.05) is 19.1 Å². The molecule has 1 aliphatic rings. The molecule has 15 heavy (non-hydrogen) atoms. The molecule has 0 saturated heterocycles. The first-order valence-electron chi connectivity index (χ1n) is 5.38. The number of fused-ring (bicyclic) bond motifs is 1. The Balaban J connectivity index is 2.45. The van der Waals surface area contributed by atoms with Crippen LogP contribution in [0.15, 0.2) is 18.2 Å². The molecule has 0 aliphatic carbocycles. The molecule has 0 spiro atoms. The predicted octanol–water partition coefficient (Wildman–Crippen LogP) is 2.16. The van der Waals surface area contributed by atoms with Gasteiger partial charge < -0.3 is 10.2 Å². The van der Waals surface area contributed by atoms with Gasteiger partial charge in [0.25, 0.3) is 0 Å². The Morgan fingerprint density at radius 1 is 1.47 bits per heavy atom. The van der Waals surface area contributed by atoms with E-state index in [9.17, 15) is 4.79 Å². The highest BCUT2D eigenvalue weighted by Crippen LogP contribution is 2.32. The minimum Gasteiger partial charge on any atom is -0.374 e. The molecule has 80 valence electrons. The number of nitrogens with zero attached hydrogens (tertiary/aromatic N) is 1. The van der Waals surface area contributed by atoms with E-state index < -0.39 is 0 Å². The first kappa shape index (κ1) is 10.0. The van der Waals surface area contributed by atoms with Crippen LogP contribution in [0.1, 0.15) is 18.9 Å². The summed E-state index contributed by atoms with van der Waals surface area (Å²) in [5.74, 6) is 0.165. The van der Waals surface area contributed by atoms with Crippen LogP contribution in [-0.4, -0.2) is 19.0 Å². The highest BCUT2D eigenvalue weighted by Gasteiger charge is 2.23. The zero-order valence-corrected chi connectivity index (χ0v) is 9.21. The van der Waals surface area contributed by atoms with Crippen LogP contribution in [0.3, 0.4) is 0 Å². The molecule has 1 amide bonds. The molecule has 0 aromatic heterocycles. The summed E-state index contributed by atoms with van der Waals surface area (Å²) < 4.78 is 0. The number of anilines is 2. The lowest BCUT2D eigenvalue weighted by Gasteiger charge is -2.31. The minimum absolute atomic E-state index is 0.165. The van der Waals surface area contributed by atoms with Gasteiger partial charge in [0.05, 0.1) is 17.9 Å². The fraction of sp³-hybridized carbons (Fsp3) is 0.417. The molecular formula is C12H16N2O. The molecule has 1 N–H and O–H groups in total. The molecule has 1 heterocycles. The zero-order chi connectivity index (χ0) is 10.8. The van der Waals surface area contributed by atoms with Gasteiger partial charge in [-0.05, 0) is 25.0 Å². The molecule has 1 aliphatic heterocycles. The average molecular weight is 204 g/mol.